The molecule has 110 valence electrons. The molecule has 0 radical (unpaired) electrons. The molecule has 1 aliphatic rings. The van der Waals surface area contributed by atoms with Crippen molar-refractivity contribution >= 4 is 6.09 Å². The Balaban J connectivity index is 2.03. The predicted molar refractivity (Wildman–Crippen MR) is 79.1 cm³/mol. The Hall–Kier alpha value is -1.55. The van der Waals surface area contributed by atoms with Gasteiger partial charge in [-0.1, -0.05) is 24.3 Å². The first-order valence-electron chi connectivity index (χ1n) is 7.16. The molecule has 4 nitrogen and oxygen atoms in total. The molecule has 0 unspecified atom stereocenters. The second kappa shape index (κ2) is 5.83. The molecule has 2 rings (SSSR count). The van der Waals surface area contributed by atoms with E-state index >= 15 is 0 Å². The standard InChI is InChI=1S/C16H24N2O2/c1-16(2,3)20-15(19)18(14-8-9-14)11-13-6-4-12(10-17)5-7-13/h4-7,14H,8-11,17H2,1-3H3. The molecule has 1 fully saturated rings. The van der Waals surface area contributed by atoms with Crippen LogP contribution in [-0.4, -0.2) is 22.6 Å². The largest absolute Gasteiger partial charge is 0.444 e. The summed E-state index contributed by atoms with van der Waals surface area (Å²) in [7, 11) is 0. The van der Waals surface area contributed by atoms with Crippen LogP contribution in [0.2, 0.25) is 0 Å². The Morgan fingerprint density at radius 2 is 1.80 bits per heavy atom. The summed E-state index contributed by atoms with van der Waals surface area (Å²) in [5, 5.41) is 0. The van der Waals surface area contributed by atoms with Crippen LogP contribution >= 0.6 is 0 Å². The fourth-order valence-corrected chi connectivity index (χ4v) is 2.03. The average Bonchev–Trinajstić information content (AvgIpc) is 3.18. The zero-order valence-electron chi connectivity index (χ0n) is 12.6. The Bertz CT molecular complexity index is 458. The molecule has 0 aliphatic heterocycles. The lowest BCUT2D eigenvalue weighted by atomic mass is 10.1. The first-order valence-corrected chi connectivity index (χ1v) is 7.16. The van der Waals surface area contributed by atoms with Gasteiger partial charge in [0.2, 0.25) is 0 Å². The van der Waals surface area contributed by atoms with Crippen molar-refractivity contribution in [1.29, 1.82) is 0 Å². The minimum absolute atomic E-state index is 0.220. The summed E-state index contributed by atoms with van der Waals surface area (Å²) in [6.45, 7) is 6.83. The maximum atomic E-state index is 12.3. The van der Waals surface area contributed by atoms with Crippen molar-refractivity contribution in [3.05, 3.63) is 35.4 Å². The quantitative estimate of drug-likeness (QED) is 0.919. The molecule has 20 heavy (non-hydrogen) atoms. The van der Waals surface area contributed by atoms with Crippen LogP contribution in [0, 0.1) is 0 Å². The smallest absolute Gasteiger partial charge is 0.410 e. The molecule has 2 N–H and O–H groups in total. The van der Waals surface area contributed by atoms with E-state index in [2.05, 4.69) is 0 Å². The van der Waals surface area contributed by atoms with Gasteiger partial charge in [0.05, 0.1) is 0 Å². The lowest BCUT2D eigenvalue weighted by molar-refractivity contribution is 0.0216. The Labute approximate surface area is 120 Å². The molecular formula is C16H24N2O2. The highest BCUT2D eigenvalue weighted by molar-refractivity contribution is 5.69. The van der Waals surface area contributed by atoms with Crippen molar-refractivity contribution < 1.29 is 9.53 Å². The Kier molecular flexibility index (Phi) is 4.33. The zero-order chi connectivity index (χ0) is 14.8. The molecule has 0 bridgehead atoms. The van der Waals surface area contributed by atoms with Crippen molar-refractivity contribution in [3.63, 3.8) is 0 Å². The third-order valence-corrected chi connectivity index (χ3v) is 3.23. The Morgan fingerprint density at radius 3 is 2.25 bits per heavy atom. The second-order valence-electron chi connectivity index (χ2n) is 6.36. The third-order valence-electron chi connectivity index (χ3n) is 3.23. The van der Waals surface area contributed by atoms with Crippen LogP contribution in [-0.2, 0) is 17.8 Å². The summed E-state index contributed by atoms with van der Waals surface area (Å²) in [6.07, 6.45) is 1.92. The van der Waals surface area contributed by atoms with Crippen LogP contribution in [0.15, 0.2) is 24.3 Å². The summed E-state index contributed by atoms with van der Waals surface area (Å²) in [5.41, 5.74) is 7.35. The minimum atomic E-state index is -0.451. The van der Waals surface area contributed by atoms with Gasteiger partial charge in [0.1, 0.15) is 5.60 Å². The fourth-order valence-electron chi connectivity index (χ4n) is 2.03. The van der Waals surface area contributed by atoms with Crippen LogP contribution < -0.4 is 5.73 Å². The van der Waals surface area contributed by atoms with Gasteiger partial charge < -0.3 is 15.4 Å². The molecule has 1 aromatic carbocycles. The summed E-state index contributed by atoms with van der Waals surface area (Å²) in [6, 6.07) is 8.41. The first kappa shape index (κ1) is 14.9. The molecule has 1 aliphatic carbocycles. The lowest BCUT2D eigenvalue weighted by Crippen LogP contribution is -2.37. The number of nitrogens with two attached hydrogens (primary N) is 1. The number of rotatable bonds is 4. The van der Waals surface area contributed by atoms with E-state index in [9.17, 15) is 4.79 Å². The van der Waals surface area contributed by atoms with Gasteiger partial charge in [0.15, 0.2) is 0 Å². The summed E-state index contributed by atoms with van der Waals surface area (Å²) >= 11 is 0. The van der Waals surface area contributed by atoms with E-state index in [4.69, 9.17) is 10.5 Å². The summed E-state index contributed by atoms with van der Waals surface area (Å²) in [5.74, 6) is 0. The van der Waals surface area contributed by atoms with E-state index in [1.807, 2.05) is 49.9 Å². The zero-order valence-corrected chi connectivity index (χ0v) is 12.6. The molecule has 0 aromatic heterocycles. The highest BCUT2D eigenvalue weighted by Crippen LogP contribution is 2.30. The first-order chi connectivity index (χ1) is 9.39. The highest BCUT2D eigenvalue weighted by Gasteiger charge is 2.35. The van der Waals surface area contributed by atoms with E-state index in [-0.39, 0.29) is 6.09 Å². The summed E-state index contributed by atoms with van der Waals surface area (Å²) in [4.78, 5) is 14.1. The van der Waals surface area contributed by atoms with Gasteiger partial charge in [-0.25, -0.2) is 4.79 Å². The molecular weight excluding hydrogens is 252 g/mol. The van der Waals surface area contributed by atoms with E-state index < -0.39 is 5.60 Å². The van der Waals surface area contributed by atoms with Crippen LogP contribution in [0.4, 0.5) is 4.79 Å². The normalized spacial score (nSPS) is 15.0. The number of benzene rings is 1. The number of hydrogen-bond donors (Lipinski definition) is 1. The molecule has 1 amide bonds. The van der Waals surface area contributed by atoms with Crippen molar-refractivity contribution in [1.82, 2.24) is 4.90 Å². The second-order valence-corrected chi connectivity index (χ2v) is 6.36. The monoisotopic (exact) mass is 276 g/mol. The topological polar surface area (TPSA) is 55.6 Å². The van der Waals surface area contributed by atoms with E-state index in [1.54, 1.807) is 0 Å². The van der Waals surface area contributed by atoms with Crippen LogP contribution in [0.1, 0.15) is 44.7 Å². The van der Waals surface area contributed by atoms with Gasteiger partial charge >= 0.3 is 6.09 Å². The van der Waals surface area contributed by atoms with Crippen molar-refractivity contribution in [2.45, 2.75) is 58.3 Å². The number of ether oxygens (including phenoxy) is 1. The van der Waals surface area contributed by atoms with Crippen molar-refractivity contribution in [3.8, 4) is 0 Å². The highest BCUT2D eigenvalue weighted by atomic mass is 16.6. The average molecular weight is 276 g/mol. The van der Waals surface area contributed by atoms with Gasteiger partial charge in [-0.2, -0.15) is 0 Å². The van der Waals surface area contributed by atoms with E-state index in [0.29, 0.717) is 19.1 Å². The number of carbonyl (C=O) groups is 1. The van der Waals surface area contributed by atoms with Gasteiger partial charge in [-0.15, -0.1) is 0 Å². The van der Waals surface area contributed by atoms with Crippen LogP contribution in [0.25, 0.3) is 0 Å². The number of nitrogens with zero attached hydrogens (tertiary/aromatic N) is 1. The lowest BCUT2D eigenvalue weighted by Gasteiger charge is -2.27. The van der Waals surface area contributed by atoms with Gasteiger partial charge in [0.25, 0.3) is 0 Å². The van der Waals surface area contributed by atoms with E-state index in [0.717, 1.165) is 24.0 Å². The molecule has 4 heteroatoms. The maximum Gasteiger partial charge on any atom is 0.410 e. The van der Waals surface area contributed by atoms with E-state index in [1.165, 1.54) is 0 Å². The predicted octanol–water partition coefficient (Wildman–Crippen LogP) is 3.04. The number of amides is 1. The molecule has 0 saturated heterocycles. The molecule has 1 saturated carbocycles. The fraction of sp³-hybridized carbons (Fsp3) is 0.562. The van der Waals surface area contributed by atoms with Gasteiger partial charge in [-0.05, 0) is 44.7 Å². The molecule has 1 aromatic rings. The molecule has 0 heterocycles. The maximum absolute atomic E-state index is 12.3. The molecule has 0 spiro atoms. The summed E-state index contributed by atoms with van der Waals surface area (Å²) < 4.78 is 5.49. The number of hydrogen-bond acceptors (Lipinski definition) is 3. The minimum Gasteiger partial charge on any atom is -0.444 e. The van der Waals surface area contributed by atoms with Crippen molar-refractivity contribution in [2.75, 3.05) is 0 Å². The Morgan fingerprint density at radius 1 is 1.25 bits per heavy atom. The van der Waals surface area contributed by atoms with Crippen LogP contribution in [0.5, 0.6) is 0 Å². The SMILES string of the molecule is CC(C)(C)OC(=O)N(Cc1ccc(CN)cc1)C1CC1. The van der Waals surface area contributed by atoms with Gasteiger partial charge in [-0.3, -0.25) is 0 Å². The molecule has 0 atom stereocenters. The van der Waals surface area contributed by atoms with Crippen molar-refractivity contribution in [2.24, 2.45) is 5.73 Å². The van der Waals surface area contributed by atoms with Crippen LogP contribution in [0.3, 0.4) is 0 Å². The number of carbonyl (C=O) groups excluding carboxylic acids is 1. The third kappa shape index (κ3) is 4.23. The van der Waals surface area contributed by atoms with Gasteiger partial charge in [0, 0.05) is 19.1 Å².